The van der Waals surface area contributed by atoms with Crippen molar-refractivity contribution in [3.63, 3.8) is 0 Å². The Morgan fingerprint density at radius 1 is 1.23 bits per heavy atom. The summed E-state index contributed by atoms with van der Waals surface area (Å²) in [5.74, 6) is 0.292. The first-order valence-electron chi connectivity index (χ1n) is 9.04. The highest BCUT2D eigenvalue weighted by molar-refractivity contribution is 5.94. The molecule has 4 nitrogen and oxygen atoms in total. The number of benzene rings is 2. The van der Waals surface area contributed by atoms with Gasteiger partial charge in [-0.05, 0) is 50.1 Å². The summed E-state index contributed by atoms with van der Waals surface area (Å²) in [6.07, 6.45) is 1.92. The van der Waals surface area contributed by atoms with E-state index in [4.69, 9.17) is 9.47 Å². The molecule has 5 heteroatoms. The lowest BCUT2D eigenvalue weighted by molar-refractivity contribution is 0.0505. The highest BCUT2D eigenvalue weighted by atomic mass is 19.1. The van der Waals surface area contributed by atoms with E-state index in [1.54, 1.807) is 47.4 Å². The van der Waals surface area contributed by atoms with E-state index in [2.05, 4.69) is 0 Å². The summed E-state index contributed by atoms with van der Waals surface area (Å²) in [7, 11) is 0. The molecule has 1 aliphatic heterocycles. The van der Waals surface area contributed by atoms with Crippen LogP contribution in [-0.2, 0) is 11.3 Å². The molecule has 1 amide bonds. The number of rotatable bonds is 7. The third-order valence-corrected chi connectivity index (χ3v) is 4.47. The monoisotopic (exact) mass is 357 g/mol. The topological polar surface area (TPSA) is 38.8 Å². The lowest BCUT2D eigenvalue weighted by Crippen LogP contribution is -2.37. The molecule has 0 N–H and O–H groups in total. The minimum absolute atomic E-state index is 0.00780. The van der Waals surface area contributed by atoms with Gasteiger partial charge in [-0.25, -0.2) is 4.39 Å². The van der Waals surface area contributed by atoms with Crippen LogP contribution < -0.4 is 4.74 Å². The van der Waals surface area contributed by atoms with Crippen LogP contribution in [0.25, 0.3) is 0 Å². The number of carbonyl (C=O) groups excluding carboxylic acids is 1. The quantitative estimate of drug-likeness (QED) is 0.750. The van der Waals surface area contributed by atoms with Gasteiger partial charge in [0.2, 0.25) is 0 Å². The maximum atomic E-state index is 14.1. The van der Waals surface area contributed by atoms with Crippen LogP contribution in [0.1, 0.15) is 35.7 Å². The molecule has 1 fully saturated rings. The first kappa shape index (κ1) is 18.4. The number of amides is 1. The zero-order chi connectivity index (χ0) is 18.4. The molecular formula is C21H24FNO3. The molecule has 26 heavy (non-hydrogen) atoms. The van der Waals surface area contributed by atoms with Gasteiger partial charge in [-0.1, -0.05) is 18.2 Å². The number of ether oxygens (including phenoxy) is 2. The predicted molar refractivity (Wildman–Crippen MR) is 97.7 cm³/mol. The number of carbonyl (C=O) groups is 1. The molecule has 0 saturated carbocycles. The Kier molecular flexibility index (Phi) is 6.23. The van der Waals surface area contributed by atoms with Crippen LogP contribution in [0.5, 0.6) is 5.75 Å². The van der Waals surface area contributed by atoms with Crippen LogP contribution >= 0.6 is 0 Å². The number of hydrogen-bond acceptors (Lipinski definition) is 3. The molecule has 1 unspecified atom stereocenters. The van der Waals surface area contributed by atoms with Crippen LogP contribution in [0.15, 0.2) is 48.5 Å². The Bertz CT molecular complexity index is 726. The Balaban J connectivity index is 1.79. The van der Waals surface area contributed by atoms with E-state index in [9.17, 15) is 9.18 Å². The lowest BCUT2D eigenvalue weighted by atomic mass is 10.1. The van der Waals surface area contributed by atoms with Crippen molar-refractivity contribution >= 4 is 5.91 Å². The Morgan fingerprint density at radius 2 is 2.00 bits per heavy atom. The fraction of sp³-hybridized carbons (Fsp3) is 0.381. The standard InChI is InChI=1S/C21H24FNO3/c1-2-25-18-11-9-16(10-12-18)21(24)23(15-19-7-5-13-26-19)14-17-6-3-4-8-20(17)22/h3-4,6,8-12,19H,2,5,7,13-15H2,1H3. The average Bonchev–Trinajstić information content (AvgIpc) is 3.16. The summed E-state index contributed by atoms with van der Waals surface area (Å²) < 4.78 is 25.2. The third-order valence-electron chi connectivity index (χ3n) is 4.47. The highest BCUT2D eigenvalue weighted by Crippen LogP contribution is 2.20. The molecule has 0 spiro atoms. The Hall–Kier alpha value is -2.40. The molecule has 1 saturated heterocycles. The fourth-order valence-electron chi connectivity index (χ4n) is 3.13. The first-order valence-corrected chi connectivity index (χ1v) is 9.04. The smallest absolute Gasteiger partial charge is 0.254 e. The second-order valence-electron chi connectivity index (χ2n) is 6.37. The second-order valence-corrected chi connectivity index (χ2v) is 6.37. The van der Waals surface area contributed by atoms with Gasteiger partial charge in [0.25, 0.3) is 5.91 Å². The van der Waals surface area contributed by atoms with E-state index in [0.29, 0.717) is 24.3 Å². The molecule has 1 heterocycles. The molecule has 2 aromatic rings. The summed E-state index contributed by atoms with van der Waals surface area (Å²) >= 11 is 0. The summed E-state index contributed by atoms with van der Waals surface area (Å²) in [6.45, 7) is 3.89. The third kappa shape index (κ3) is 4.61. The van der Waals surface area contributed by atoms with Crippen molar-refractivity contribution < 1.29 is 18.7 Å². The van der Waals surface area contributed by atoms with Gasteiger partial charge in [-0.2, -0.15) is 0 Å². The number of halogens is 1. The van der Waals surface area contributed by atoms with E-state index in [0.717, 1.165) is 25.2 Å². The maximum absolute atomic E-state index is 14.1. The van der Waals surface area contributed by atoms with Gasteiger partial charge in [0, 0.05) is 30.8 Å². The molecule has 0 aromatic heterocycles. The van der Waals surface area contributed by atoms with E-state index >= 15 is 0 Å². The Labute approximate surface area is 153 Å². The summed E-state index contributed by atoms with van der Waals surface area (Å²) in [5.41, 5.74) is 1.06. The molecule has 138 valence electrons. The van der Waals surface area contributed by atoms with E-state index < -0.39 is 0 Å². The molecular weight excluding hydrogens is 333 g/mol. The van der Waals surface area contributed by atoms with Gasteiger partial charge >= 0.3 is 0 Å². The van der Waals surface area contributed by atoms with Gasteiger partial charge in [0.15, 0.2) is 0 Å². The zero-order valence-electron chi connectivity index (χ0n) is 15.0. The Morgan fingerprint density at radius 3 is 2.65 bits per heavy atom. The average molecular weight is 357 g/mol. The molecule has 2 aromatic carbocycles. The van der Waals surface area contributed by atoms with Crippen LogP contribution in [0.4, 0.5) is 4.39 Å². The van der Waals surface area contributed by atoms with E-state index in [1.807, 2.05) is 6.92 Å². The van der Waals surface area contributed by atoms with Gasteiger partial charge in [-0.15, -0.1) is 0 Å². The van der Waals surface area contributed by atoms with E-state index in [1.165, 1.54) is 6.07 Å². The van der Waals surface area contributed by atoms with Crippen molar-refractivity contribution in [2.24, 2.45) is 0 Å². The minimum atomic E-state index is -0.302. The van der Waals surface area contributed by atoms with Crippen LogP contribution in [0, 0.1) is 5.82 Å². The van der Waals surface area contributed by atoms with Gasteiger partial charge < -0.3 is 14.4 Å². The SMILES string of the molecule is CCOc1ccc(C(=O)N(Cc2ccccc2F)CC2CCCO2)cc1. The minimum Gasteiger partial charge on any atom is -0.494 e. The highest BCUT2D eigenvalue weighted by Gasteiger charge is 2.24. The molecule has 0 radical (unpaired) electrons. The summed E-state index contributed by atoms with van der Waals surface area (Å²) in [5, 5.41) is 0. The molecule has 0 aliphatic carbocycles. The van der Waals surface area contributed by atoms with Crippen molar-refractivity contribution in [3.8, 4) is 5.75 Å². The zero-order valence-corrected chi connectivity index (χ0v) is 15.0. The van der Waals surface area contributed by atoms with Gasteiger partial charge in [-0.3, -0.25) is 4.79 Å². The number of nitrogens with zero attached hydrogens (tertiary/aromatic N) is 1. The van der Waals surface area contributed by atoms with E-state index in [-0.39, 0.29) is 24.4 Å². The molecule has 1 aliphatic rings. The van der Waals surface area contributed by atoms with Gasteiger partial charge in [0.05, 0.1) is 12.7 Å². The molecule has 1 atom stereocenters. The summed E-state index contributed by atoms with van der Waals surface area (Å²) in [4.78, 5) is 14.7. The van der Waals surface area contributed by atoms with Gasteiger partial charge in [0.1, 0.15) is 11.6 Å². The van der Waals surface area contributed by atoms with Crippen LogP contribution in [-0.4, -0.2) is 36.7 Å². The van der Waals surface area contributed by atoms with Crippen molar-refractivity contribution in [1.29, 1.82) is 0 Å². The molecule has 3 rings (SSSR count). The van der Waals surface area contributed by atoms with Crippen LogP contribution in [0.2, 0.25) is 0 Å². The van der Waals surface area contributed by atoms with Crippen molar-refractivity contribution in [1.82, 2.24) is 4.90 Å². The maximum Gasteiger partial charge on any atom is 0.254 e. The van der Waals surface area contributed by atoms with Crippen LogP contribution in [0.3, 0.4) is 0 Å². The predicted octanol–water partition coefficient (Wildman–Crippen LogP) is 4.05. The largest absolute Gasteiger partial charge is 0.494 e. The fourth-order valence-corrected chi connectivity index (χ4v) is 3.13. The normalized spacial score (nSPS) is 16.5. The van der Waals surface area contributed by atoms with Crippen molar-refractivity contribution in [2.75, 3.05) is 19.8 Å². The lowest BCUT2D eigenvalue weighted by Gasteiger charge is -2.26. The second kappa shape index (κ2) is 8.81. The molecule has 0 bridgehead atoms. The number of hydrogen-bond donors (Lipinski definition) is 0. The summed E-state index contributed by atoms with van der Waals surface area (Å²) in [6, 6.07) is 13.6. The first-order chi connectivity index (χ1) is 12.7. The van der Waals surface area contributed by atoms with Crippen molar-refractivity contribution in [2.45, 2.75) is 32.4 Å². The van der Waals surface area contributed by atoms with Crippen molar-refractivity contribution in [3.05, 3.63) is 65.5 Å².